The quantitative estimate of drug-likeness (QED) is 0.907. The van der Waals surface area contributed by atoms with Gasteiger partial charge in [0.1, 0.15) is 5.82 Å². The molecule has 2 aromatic rings. The summed E-state index contributed by atoms with van der Waals surface area (Å²) in [7, 11) is 0. The van der Waals surface area contributed by atoms with Crippen LogP contribution in [0.2, 0.25) is 0 Å². The van der Waals surface area contributed by atoms with E-state index in [1.165, 1.54) is 11.1 Å². The van der Waals surface area contributed by atoms with Gasteiger partial charge in [0, 0.05) is 11.3 Å². The molecule has 2 N–H and O–H groups in total. The van der Waals surface area contributed by atoms with Gasteiger partial charge >= 0.3 is 0 Å². The van der Waals surface area contributed by atoms with Crippen molar-refractivity contribution in [3.8, 4) is 11.3 Å². The zero-order valence-corrected chi connectivity index (χ0v) is 13.0. The van der Waals surface area contributed by atoms with Crippen molar-refractivity contribution in [2.45, 2.75) is 46.6 Å². The third kappa shape index (κ3) is 3.05. The van der Waals surface area contributed by atoms with Crippen LogP contribution < -0.4 is 5.73 Å². The maximum atomic E-state index is 5.68. The minimum absolute atomic E-state index is 0.126. The molecule has 0 aliphatic rings. The SMILES string of the molecule is Cc1cc(-c2cc(C(C)(C)C)ccc2C)nc(CN)n1. The summed E-state index contributed by atoms with van der Waals surface area (Å²) in [6, 6.07) is 8.61. The lowest BCUT2D eigenvalue weighted by Crippen LogP contribution is -2.11. The van der Waals surface area contributed by atoms with Gasteiger partial charge in [0.2, 0.25) is 0 Å². The predicted octanol–water partition coefficient (Wildman–Crippen LogP) is 3.52. The van der Waals surface area contributed by atoms with Crippen molar-refractivity contribution in [1.82, 2.24) is 9.97 Å². The lowest BCUT2D eigenvalue weighted by atomic mass is 9.85. The zero-order chi connectivity index (χ0) is 14.9. The van der Waals surface area contributed by atoms with Gasteiger partial charge < -0.3 is 5.73 Å². The van der Waals surface area contributed by atoms with Crippen molar-refractivity contribution in [2.75, 3.05) is 0 Å². The summed E-state index contributed by atoms with van der Waals surface area (Å²) in [5.74, 6) is 0.695. The smallest absolute Gasteiger partial charge is 0.142 e. The van der Waals surface area contributed by atoms with E-state index in [-0.39, 0.29) is 5.41 Å². The summed E-state index contributed by atoms with van der Waals surface area (Å²) >= 11 is 0. The molecule has 1 aromatic carbocycles. The summed E-state index contributed by atoms with van der Waals surface area (Å²) < 4.78 is 0. The van der Waals surface area contributed by atoms with E-state index >= 15 is 0 Å². The van der Waals surface area contributed by atoms with Crippen molar-refractivity contribution in [2.24, 2.45) is 5.73 Å². The molecule has 0 bridgehead atoms. The van der Waals surface area contributed by atoms with Crippen LogP contribution >= 0.6 is 0 Å². The molecule has 0 spiro atoms. The van der Waals surface area contributed by atoms with Gasteiger partial charge in [-0.3, -0.25) is 0 Å². The Balaban J connectivity index is 2.60. The molecule has 0 radical (unpaired) electrons. The van der Waals surface area contributed by atoms with Gasteiger partial charge in [-0.2, -0.15) is 0 Å². The molecular formula is C17H23N3. The molecule has 0 aliphatic carbocycles. The Morgan fingerprint density at radius 2 is 1.75 bits per heavy atom. The molecule has 0 amide bonds. The zero-order valence-electron chi connectivity index (χ0n) is 13.0. The first-order valence-electron chi connectivity index (χ1n) is 6.97. The Kier molecular flexibility index (Phi) is 3.91. The molecule has 0 saturated heterocycles. The van der Waals surface area contributed by atoms with Gasteiger partial charge in [0.05, 0.1) is 12.2 Å². The molecule has 0 unspecified atom stereocenters. The summed E-state index contributed by atoms with van der Waals surface area (Å²) in [5.41, 5.74) is 11.4. The number of hydrogen-bond acceptors (Lipinski definition) is 3. The Labute approximate surface area is 121 Å². The van der Waals surface area contributed by atoms with Crippen LogP contribution in [0.5, 0.6) is 0 Å². The van der Waals surface area contributed by atoms with Crippen LogP contribution in [0.3, 0.4) is 0 Å². The molecule has 20 heavy (non-hydrogen) atoms. The lowest BCUT2D eigenvalue weighted by molar-refractivity contribution is 0.590. The second-order valence-corrected chi connectivity index (χ2v) is 6.29. The van der Waals surface area contributed by atoms with Crippen molar-refractivity contribution in [3.05, 3.63) is 46.9 Å². The van der Waals surface area contributed by atoms with Gasteiger partial charge in [-0.1, -0.05) is 32.9 Å². The molecule has 0 saturated carbocycles. The Morgan fingerprint density at radius 1 is 1.05 bits per heavy atom. The summed E-state index contributed by atoms with van der Waals surface area (Å²) in [4.78, 5) is 8.91. The summed E-state index contributed by atoms with van der Waals surface area (Å²) in [6.07, 6.45) is 0. The third-order valence-electron chi connectivity index (χ3n) is 3.46. The van der Waals surface area contributed by atoms with E-state index in [1.54, 1.807) is 0 Å². The van der Waals surface area contributed by atoms with Gasteiger partial charge in [0.25, 0.3) is 0 Å². The molecular weight excluding hydrogens is 246 g/mol. The summed E-state index contributed by atoms with van der Waals surface area (Å²) in [6.45, 7) is 11.1. The summed E-state index contributed by atoms with van der Waals surface area (Å²) in [5, 5.41) is 0. The monoisotopic (exact) mass is 269 g/mol. The first-order chi connectivity index (χ1) is 9.31. The molecule has 0 atom stereocenters. The van der Waals surface area contributed by atoms with Crippen molar-refractivity contribution in [3.63, 3.8) is 0 Å². The minimum Gasteiger partial charge on any atom is -0.324 e. The van der Waals surface area contributed by atoms with E-state index in [0.29, 0.717) is 12.4 Å². The van der Waals surface area contributed by atoms with Gasteiger partial charge in [-0.25, -0.2) is 9.97 Å². The molecule has 3 heteroatoms. The topological polar surface area (TPSA) is 51.8 Å². The average molecular weight is 269 g/mol. The maximum absolute atomic E-state index is 5.68. The number of hydrogen-bond donors (Lipinski definition) is 1. The molecule has 3 nitrogen and oxygen atoms in total. The average Bonchev–Trinajstić information content (AvgIpc) is 2.37. The van der Waals surface area contributed by atoms with E-state index in [1.807, 2.05) is 13.0 Å². The van der Waals surface area contributed by atoms with Gasteiger partial charge in [-0.05, 0) is 42.5 Å². The number of aryl methyl sites for hydroxylation is 2. The fourth-order valence-corrected chi connectivity index (χ4v) is 2.22. The molecule has 106 valence electrons. The first kappa shape index (κ1) is 14.7. The first-order valence-corrected chi connectivity index (χ1v) is 6.97. The van der Waals surface area contributed by atoms with Gasteiger partial charge in [-0.15, -0.1) is 0 Å². The standard InChI is InChI=1S/C17H23N3/c1-11-6-7-13(17(3,4)5)9-14(11)15-8-12(2)19-16(10-18)20-15/h6-9H,10,18H2,1-5H3. The molecule has 1 heterocycles. The number of benzene rings is 1. The largest absolute Gasteiger partial charge is 0.324 e. The number of rotatable bonds is 2. The normalized spacial score (nSPS) is 11.7. The van der Waals surface area contributed by atoms with Crippen LogP contribution in [0.15, 0.2) is 24.3 Å². The van der Waals surface area contributed by atoms with E-state index in [0.717, 1.165) is 17.0 Å². The van der Waals surface area contributed by atoms with E-state index in [9.17, 15) is 0 Å². The highest BCUT2D eigenvalue weighted by atomic mass is 14.9. The van der Waals surface area contributed by atoms with Crippen molar-refractivity contribution < 1.29 is 0 Å². The number of nitrogens with zero attached hydrogens (tertiary/aromatic N) is 2. The second-order valence-electron chi connectivity index (χ2n) is 6.29. The highest BCUT2D eigenvalue weighted by Crippen LogP contribution is 2.29. The number of aromatic nitrogens is 2. The van der Waals surface area contributed by atoms with E-state index < -0.39 is 0 Å². The van der Waals surface area contributed by atoms with Crippen molar-refractivity contribution >= 4 is 0 Å². The highest BCUT2D eigenvalue weighted by molar-refractivity contribution is 5.65. The van der Waals surface area contributed by atoms with Crippen LogP contribution in [0, 0.1) is 13.8 Å². The molecule has 1 aromatic heterocycles. The Hall–Kier alpha value is -1.74. The Morgan fingerprint density at radius 3 is 2.35 bits per heavy atom. The molecule has 0 fully saturated rings. The van der Waals surface area contributed by atoms with Crippen LogP contribution in [-0.4, -0.2) is 9.97 Å². The predicted molar refractivity (Wildman–Crippen MR) is 83.5 cm³/mol. The minimum atomic E-state index is 0.126. The third-order valence-corrected chi connectivity index (χ3v) is 3.46. The number of nitrogens with two attached hydrogens (primary N) is 1. The highest BCUT2D eigenvalue weighted by Gasteiger charge is 2.16. The van der Waals surface area contributed by atoms with Crippen LogP contribution in [0.25, 0.3) is 11.3 Å². The fraction of sp³-hybridized carbons (Fsp3) is 0.412. The van der Waals surface area contributed by atoms with Gasteiger partial charge in [0.15, 0.2) is 0 Å². The molecule has 0 aliphatic heterocycles. The van der Waals surface area contributed by atoms with E-state index in [4.69, 9.17) is 5.73 Å². The van der Waals surface area contributed by atoms with Crippen LogP contribution in [0.1, 0.15) is 43.4 Å². The maximum Gasteiger partial charge on any atom is 0.142 e. The van der Waals surface area contributed by atoms with Crippen LogP contribution in [-0.2, 0) is 12.0 Å². The Bertz CT molecular complexity index is 625. The molecule has 2 rings (SSSR count). The second kappa shape index (κ2) is 5.33. The lowest BCUT2D eigenvalue weighted by Gasteiger charge is -2.21. The fourth-order valence-electron chi connectivity index (χ4n) is 2.22. The van der Waals surface area contributed by atoms with Crippen LogP contribution in [0.4, 0.5) is 0 Å². The van der Waals surface area contributed by atoms with E-state index in [2.05, 4.69) is 55.9 Å². The van der Waals surface area contributed by atoms with Crippen molar-refractivity contribution in [1.29, 1.82) is 0 Å².